The van der Waals surface area contributed by atoms with Crippen LogP contribution in [0.25, 0.3) is 0 Å². The van der Waals surface area contributed by atoms with Crippen LogP contribution in [0.3, 0.4) is 0 Å². The smallest absolute Gasteiger partial charge is 0.327 e. The molecule has 0 heterocycles. The number of carboxylic acids is 1. The van der Waals surface area contributed by atoms with Crippen molar-refractivity contribution in [1.29, 1.82) is 0 Å². The molecule has 0 radical (unpaired) electrons. The van der Waals surface area contributed by atoms with Crippen molar-refractivity contribution in [3.8, 4) is 0 Å². The second-order valence-electron chi connectivity index (χ2n) is 5.57. The van der Waals surface area contributed by atoms with Gasteiger partial charge in [0.1, 0.15) is 6.04 Å². The van der Waals surface area contributed by atoms with Crippen molar-refractivity contribution in [3.05, 3.63) is 35.4 Å². The zero-order valence-corrected chi connectivity index (χ0v) is 15.3. The van der Waals surface area contributed by atoms with Crippen molar-refractivity contribution in [2.24, 2.45) is 5.92 Å². The summed E-state index contributed by atoms with van der Waals surface area (Å²) in [5.74, 6) is 0.0648. The standard InChI is InChI=1S/C17H25NO3S2/c1-3-4-14(9-22)16(19)18-15(17(20)21)11-23-10-13-7-5-12(2)6-8-13/h5-8,14-15,22H,3-4,9-11H2,1-2H3,(H,18,19)(H,20,21)/t14?,15-/m0/s1. The van der Waals surface area contributed by atoms with E-state index < -0.39 is 12.0 Å². The average molecular weight is 356 g/mol. The Morgan fingerprint density at radius 2 is 1.96 bits per heavy atom. The first kappa shape index (κ1) is 19.9. The molecule has 1 amide bonds. The quantitative estimate of drug-likeness (QED) is 0.564. The van der Waals surface area contributed by atoms with Crippen LogP contribution in [0.15, 0.2) is 24.3 Å². The maximum Gasteiger partial charge on any atom is 0.327 e. The van der Waals surface area contributed by atoms with E-state index in [0.717, 1.165) is 24.2 Å². The van der Waals surface area contributed by atoms with Crippen LogP contribution in [0.1, 0.15) is 30.9 Å². The third-order valence-electron chi connectivity index (χ3n) is 3.52. The zero-order valence-electron chi connectivity index (χ0n) is 13.6. The lowest BCUT2D eigenvalue weighted by Crippen LogP contribution is -2.45. The number of carbonyl (C=O) groups excluding carboxylic acids is 1. The molecule has 2 N–H and O–H groups in total. The van der Waals surface area contributed by atoms with Gasteiger partial charge in [0.15, 0.2) is 0 Å². The first-order valence-electron chi connectivity index (χ1n) is 7.75. The molecule has 1 aromatic carbocycles. The summed E-state index contributed by atoms with van der Waals surface area (Å²) in [5, 5.41) is 11.9. The van der Waals surface area contributed by atoms with Crippen LogP contribution in [-0.4, -0.2) is 34.5 Å². The highest BCUT2D eigenvalue weighted by atomic mass is 32.2. The van der Waals surface area contributed by atoms with E-state index in [1.54, 1.807) is 0 Å². The fourth-order valence-corrected chi connectivity index (χ4v) is 3.45. The Balaban J connectivity index is 2.50. The van der Waals surface area contributed by atoms with E-state index >= 15 is 0 Å². The van der Waals surface area contributed by atoms with E-state index in [9.17, 15) is 14.7 Å². The van der Waals surface area contributed by atoms with Crippen LogP contribution in [0, 0.1) is 12.8 Å². The lowest BCUT2D eigenvalue weighted by Gasteiger charge is -2.18. The number of benzene rings is 1. The highest BCUT2D eigenvalue weighted by molar-refractivity contribution is 7.98. The molecule has 0 aliphatic heterocycles. The highest BCUT2D eigenvalue weighted by Crippen LogP contribution is 2.15. The molecule has 0 aliphatic rings. The number of aryl methyl sites for hydroxylation is 1. The van der Waals surface area contributed by atoms with Crippen molar-refractivity contribution < 1.29 is 14.7 Å². The monoisotopic (exact) mass is 355 g/mol. The number of carboxylic acid groups (broad SMARTS) is 1. The van der Waals surface area contributed by atoms with Gasteiger partial charge in [-0.3, -0.25) is 4.79 Å². The molecule has 0 aliphatic carbocycles. The molecule has 4 nitrogen and oxygen atoms in total. The number of thiol groups is 1. The Kier molecular flexibility index (Phi) is 9.17. The number of carbonyl (C=O) groups is 2. The first-order chi connectivity index (χ1) is 11.0. The van der Waals surface area contributed by atoms with Gasteiger partial charge in [0.05, 0.1) is 0 Å². The molecule has 23 heavy (non-hydrogen) atoms. The number of nitrogens with one attached hydrogen (secondary N) is 1. The zero-order chi connectivity index (χ0) is 17.2. The lowest BCUT2D eigenvalue weighted by molar-refractivity contribution is -0.141. The van der Waals surface area contributed by atoms with Gasteiger partial charge in [0.2, 0.25) is 5.91 Å². The van der Waals surface area contributed by atoms with Crippen LogP contribution in [-0.2, 0) is 15.3 Å². The Hall–Kier alpha value is -1.14. The van der Waals surface area contributed by atoms with Gasteiger partial charge in [-0.15, -0.1) is 0 Å². The molecule has 0 saturated heterocycles. The van der Waals surface area contributed by atoms with Gasteiger partial charge in [-0.2, -0.15) is 24.4 Å². The van der Waals surface area contributed by atoms with Gasteiger partial charge in [0.25, 0.3) is 0 Å². The lowest BCUT2D eigenvalue weighted by atomic mass is 10.0. The van der Waals surface area contributed by atoms with Crippen LogP contribution in [0.4, 0.5) is 0 Å². The van der Waals surface area contributed by atoms with Crippen LogP contribution in [0.5, 0.6) is 0 Å². The van der Waals surface area contributed by atoms with Crippen LogP contribution >= 0.6 is 24.4 Å². The van der Waals surface area contributed by atoms with Gasteiger partial charge in [-0.05, 0) is 18.9 Å². The minimum absolute atomic E-state index is 0.217. The topological polar surface area (TPSA) is 66.4 Å². The van der Waals surface area contributed by atoms with Crippen LogP contribution in [0.2, 0.25) is 0 Å². The fourth-order valence-electron chi connectivity index (χ4n) is 2.10. The number of rotatable bonds is 10. The minimum Gasteiger partial charge on any atom is -0.480 e. The van der Waals surface area contributed by atoms with Gasteiger partial charge in [-0.1, -0.05) is 43.2 Å². The van der Waals surface area contributed by atoms with Gasteiger partial charge in [-0.25, -0.2) is 4.79 Å². The molecule has 1 unspecified atom stereocenters. The van der Waals surface area contributed by atoms with Crippen molar-refractivity contribution in [3.63, 3.8) is 0 Å². The third kappa shape index (κ3) is 7.31. The average Bonchev–Trinajstić information content (AvgIpc) is 2.53. The number of thioether (sulfide) groups is 1. The summed E-state index contributed by atoms with van der Waals surface area (Å²) in [6.45, 7) is 4.02. The molecular formula is C17H25NO3S2. The van der Waals surface area contributed by atoms with Crippen molar-refractivity contribution in [2.45, 2.75) is 38.5 Å². The molecule has 2 atom stereocenters. The summed E-state index contributed by atoms with van der Waals surface area (Å²) < 4.78 is 0. The van der Waals surface area contributed by atoms with Crippen molar-refractivity contribution >= 4 is 36.3 Å². The molecule has 0 spiro atoms. The number of hydrogen-bond donors (Lipinski definition) is 3. The third-order valence-corrected chi connectivity index (χ3v) is 5.06. The number of amides is 1. The van der Waals surface area contributed by atoms with E-state index in [0.29, 0.717) is 11.5 Å². The fraction of sp³-hybridized carbons (Fsp3) is 0.529. The van der Waals surface area contributed by atoms with E-state index in [1.165, 1.54) is 17.3 Å². The normalized spacial score (nSPS) is 13.3. The molecular weight excluding hydrogens is 330 g/mol. The van der Waals surface area contributed by atoms with Gasteiger partial charge >= 0.3 is 5.97 Å². The van der Waals surface area contributed by atoms with E-state index in [-0.39, 0.29) is 11.8 Å². The first-order valence-corrected chi connectivity index (χ1v) is 9.54. The second-order valence-corrected chi connectivity index (χ2v) is 6.96. The molecule has 1 rings (SSSR count). The van der Waals surface area contributed by atoms with Crippen LogP contribution < -0.4 is 5.32 Å². The Morgan fingerprint density at radius 3 is 2.48 bits per heavy atom. The molecule has 0 fully saturated rings. The van der Waals surface area contributed by atoms with Crippen molar-refractivity contribution in [2.75, 3.05) is 11.5 Å². The Morgan fingerprint density at radius 1 is 1.30 bits per heavy atom. The van der Waals surface area contributed by atoms with E-state index in [2.05, 4.69) is 17.9 Å². The maximum absolute atomic E-state index is 12.1. The summed E-state index contributed by atoms with van der Waals surface area (Å²) in [6, 6.07) is 7.28. The molecule has 1 aromatic rings. The SMILES string of the molecule is CCCC(CS)C(=O)N[C@@H](CSCc1ccc(C)cc1)C(=O)O. The van der Waals surface area contributed by atoms with Gasteiger partial charge < -0.3 is 10.4 Å². The maximum atomic E-state index is 12.1. The van der Waals surface area contributed by atoms with Gasteiger partial charge in [0, 0.05) is 23.2 Å². The molecule has 0 bridgehead atoms. The largest absolute Gasteiger partial charge is 0.480 e. The summed E-state index contributed by atoms with van der Waals surface area (Å²) in [4.78, 5) is 23.5. The predicted octanol–water partition coefficient (Wildman–Crippen LogP) is 3.14. The summed E-state index contributed by atoms with van der Waals surface area (Å²) >= 11 is 5.68. The van der Waals surface area contributed by atoms with E-state index in [4.69, 9.17) is 0 Å². The number of aliphatic carboxylic acids is 1. The minimum atomic E-state index is -0.996. The van der Waals surface area contributed by atoms with Crippen molar-refractivity contribution in [1.82, 2.24) is 5.32 Å². The molecule has 128 valence electrons. The predicted molar refractivity (Wildman–Crippen MR) is 99.2 cm³/mol. The summed E-state index contributed by atoms with van der Waals surface area (Å²) in [7, 11) is 0. The number of hydrogen-bond acceptors (Lipinski definition) is 4. The second kappa shape index (κ2) is 10.6. The Labute approximate surface area is 147 Å². The molecule has 0 aromatic heterocycles. The van der Waals surface area contributed by atoms with E-state index in [1.807, 2.05) is 38.1 Å². The molecule has 6 heteroatoms. The molecule has 0 saturated carbocycles. The Bertz CT molecular complexity index is 505. The summed E-state index contributed by atoms with van der Waals surface area (Å²) in [5.41, 5.74) is 2.35. The highest BCUT2D eigenvalue weighted by Gasteiger charge is 2.24. The summed E-state index contributed by atoms with van der Waals surface area (Å²) in [6.07, 6.45) is 1.59.